The van der Waals surface area contributed by atoms with E-state index in [1.165, 1.54) is 25.7 Å². The van der Waals surface area contributed by atoms with Crippen molar-refractivity contribution in [3.05, 3.63) is 0 Å². The van der Waals surface area contributed by atoms with Gasteiger partial charge in [0.1, 0.15) is 0 Å². The van der Waals surface area contributed by atoms with Crippen LogP contribution < -0.4 is 10.6 Å². The Bertz CT molecular complexity index is 305. The number of hydrogen-bond acceptors (Lipinski definition) is 2. The zero-order chi connectivity index (χ0) is 11.8. The van der Waals surface area contributed by atoms with E-state index in [1.54, 1.807) is 0 Å². The van der Waals surface area contributed by atoms with Gasteiger partial charge in [-0.3, -0.25) is 4.79 Å². The summed E-state index contributed by atoms with van der Waals surface area (Å²) in [5, 5.41) is 6.48. The Balaban J connectivity index is 1.46. The molecule has 17 heavy (non-hydrogen) atoms. The highest BCUT2D eigenvalue weighted by molar-refractivity contribution is 5.82. The van der Waals surface area contributed by atoms with E-state index < -0.39 is 0 Å². The number of carbonyl (C=O) groups excluding carboxylic acids is 1. The molecule has 5 unspecified atom stereocenters. The minimum absolute atomic E-state index is 0.0635. The molecule has 1 amide bonds. The first kappa shape index (κ1) is 11.5. The number of carbonyl (C=O) groups is 1. The first-order valence-corrected chi connectivity index (χ1v) is 7.25. The van der Waals surface area contributed by atoms with E-state index >= 15 is 0 Å². The van der Waals surface area contributed by atoms with Crippen molar-refractivity contribution in [3.63, 3.8) is 0 Å². The zero-order valence-electron chi connectivity index (χ0n) is 10.7. The molecule has 2 saturated carbocycles. The fraction of sp³-hybridized carbons (Fsp3) is 0.929. The van der Waals surface area contributed by atoms with Gasteiger partial charge in [-0.15, -0.1) is 0 Å². The third-order valence-electron chi connectivity index (χ3n) is 5.24. The first-order valence-electron chi connectivity index (χ1n) is 7.25. The van der Waals surface area contributed by atoms with Crippen LogP contribution in [-0.4, -0.2) is 25.0 Å². The van der Waals surface area contributed by atoms with Crippen LogP contribution in [0.3, 0.4) is 0 Å². The maximum Gasteiger partial charge on any atom is 0.237 e. The van der Waals surface area contributed by atoms with Crippen molar-refractivity contribution in [2.45, 2.75) is 45.1 Å². The Hall–Kier alpha value is -0.570. The van der Waals surface area contributed by atoms with E-state index in [0.717, 1.165) is 37.3 Å². The van der Waals surface area contributed by atoms with Crippen LogP contribution in [0.25, 0.3) is 0 Å². The molecule has 2 bridgehead atoms. The van der Waals surface area contributed by atoms with Crippen molar-refractivity contribution in [1.82, 2.24) is 10.6 Å². The summed E-state index contributed by atoms with van der Waals surface area (Å²) in [4.78, 5) is 12.0. The zero-order valence-corrected chi connectivity index (χ0v) is 10.7. The van der Waals surface area contributed by atoms with Crippen LogP contribution in [0.15, 0.2) is 0 Å². The minimum atomic E-state index is 0.0635. The molecule has 2 N–H and O–H groups in total. The first-order chi connectivity index (χ1) is 8.24. The van der Waals surface area contributed by atoms with Crippen LogP contribution in [-0.2, 0) is 4.79 Å². The summed E-state index contributed by atoms with van der Waals surface area (Å²) in [6.07, 6.45) is 6.77. The molecular weight excluding hydrogens is 212 g/mol. The van der Waals surface area contributed by atoms with E-state index in [-0.39, 0.29) is 11.9 Å². The fourth-order valence-electron chi connectivity index (χ4n) is 4.15. The number of rotatable bonds is 3. The van der Waals surface area contributed by atoms with Crippen LogP contribution in [0.2, 0.25) is 0 Å². The standard InChI is InChI=1S/C14H24N2O/c1-9-4-5-15-13(9)14(17)16-8-12-7-10-2-3-11(12)6-10/h9-13,15H,2-8H2,1H3,(H,16,17). The van der Waals surface area contributed by atoms with Crippen LogP contribution >= 0.6 is 0 Å². The molecule has 3 aliphatic rings. The lowest BCUT2D eigenvalue weighted by Gasteiger charge is -2.23. The minimum Gasteiger partial charge on any atom is -0.354 e. The predicted molar refractivity (Wildman–Crippen MR) is 67.5 cm³/mol. The molecule has 3 rings (SSSR count). The molecule has 1 saturated heterocycles. The van der Waals surface area contributed by atoms with Gasteiger partial charge < -0.3 is 10.6 Å². The smallest absolute Gasteiger partial charge is 0.237 e. The van der Waals surface area contributed by atoms with Crippen LogP contribution in [0.4, 0.5) is 0 Å². The normalized spacial score (nSPS) is 44.2. The summed E-state index contributed by atoms with van der Waals surface area (Å²) in [7, 11) is 0. The maximum absolute atomic E-state index is 12.0. The second kappa shape index (κ2) is 4.60. The van der Waals surface area contributed by atoms with Crippen molar-refractivity contribution >= 4 is 5.91 Å². The molecule has 0 radical (unpaired) electrons. The van der Waals surface area contributed by atoms with Gasteiger partial charge in [-0.1, -0.05) is 13.3 Å². The van der Waals surface area contributed by atoms with Crippen molar-refractivity contribution in [2.75, 3.05) is 13.1 Å². The second-order valence-electron chi connectivity index (χ2n) is 6.38. The lowest BCUT2D eigenvalue weighted by atomic mass is 9.89. The van der Waals surface area contributed by atoms with Gasteiger partial charge in [-0.2, -0.15) is 0 Å². The third-order valence-corrected chi connectivity index (χ3v) is 5.24. The van der Waals surface area contributed by atoms with Crippen molar-refractivity contribution in [3.8, 4) is 0 Å². The van der Waals surface area contributed by atoms with Crippen LogP contribution in [0, 0.1) is 23.7 Å². The van der Waals surface area contributed by atoms with Crippen LogP contribution in [0.1, 0.15) is 39.0 Å². The lowest BCUT2D eigenvalue weighted by Crippen LogP contribution is -2.45. The van der Waals surface area contributed by atoms with Gasteiger partial charge >= 0.3 is 0 Å². The Labute approximate surface area is 104 Å². The highest BCUT2D eigenvalue weighted by atomic mass is 16.2. The molecule has 3 nitrogen and oxygen atoms in total. The van der Waals surface area contributed by atoms with E-state index in [9.17, 15) is 4.79 Å². The molecule has 1 aliphatic heterocycles. The second-order valence-corrected chi connectivity index (χ2v) is 6.38. The molecule has 0 aromatic heterocycles. The summed E-state index contributed by atoms with van der Waals surface area (Å²) < 4.78 is 0. The number of amides is 1. The quantitative estimate of drug-likeness (QED) is 0.780. The Kier molecular flexibility index (Phi) is 3.12. The maximum atomic E-state index is 12.0. The van der Waals surface area contributed by atoms with E-state index in [2.05, 4.69) is 17.6 Å². The SMILES string of the molecule is CC1CCNC1C(=O)NCC1CC2CCC1C2. The average Bonchev–Trinajstić information content (AvgIpc) is 3.01. The molecule has 5 atom stereocenters. The Morgan fingerprint density at radius 1 is 1.29 bits per heavy atom. The fourth-order valence-corrected chi connectivity index (χ4v) is 4.15. The Morgan fingerprint density at radius 3 is 2.76 bits per heavy atom. The molecule has 0 aromatic rings. The third kappa shape index (κ3) is 2.22. The lowest BCUT2D eigenvalue weighted by molar-refractivity contribution is -0.123. The molecule has 1 heterocycles. The Morgan fingerprint density at radius 2 is 2.18 bits per heavy atom. The van der Waals surface area contributed by atoms with Gasteiger partial charge in [0.2, 0.25) is 5.91 Å². The summed E-state index contributed by atoms with van der Waals surface area (Å²) in [5.41, 5.74) is 0. The molecule has 0 spiro atoms. The van der Waals surface area contributed by atoms with Crippen molar-refractivity contribution in [1.29, 1.82) is 0 Å². The molecule has 3 fully saturated rings. The summed E-state index contributed by atoms with van der Waals surface area (Å²) in [6.45, 7) is 4.08. The highest BCUT2D eigenvalue weighted by Crippen LogP contribution is 2.47. The van der Waals surface area contributed by atoms with E-state index in [0.29, 0.717) is 5.92 Å². The van der Waals surface area contributed by atoms with E-state index in [4.69, 9.17) is 0 Å². The van der Waals surface area contributed by atoms with Gasteiger partial charge in [0.15, 0.2) is 0 Å². The van der Waals surface area contributed by atoms with Crippen molar-refractivity contribution in [2.24, 2.45) is 23.7 Å². The number of nitrogens with one attached hydrogen (secondary N) is 2. The number of fused-ring (bicyclic) bond motifs is 2. The molecule has 0 aromatic carbocycles. The van der Waals surface area contributed by atoms with Crippen LogP contribution in [0.5, 0.6) is 0 Å². The highest BCUT2D eigenvalue weighted by Gasteiger charge is 2.39. The largest absolute Gasteiger partial charge is 0.354 e. The van der Waals surface area contributed by atoms with E-state index in [1.807, 2.05) is 0 Å². The van der Waals surface area contributed by atoms with Crippen molar-refractivity contribution < 1.29 is 4.79 Å². The average molecular weight is 236 g/mol. The molecule has 2 aliphatic carbocycles. The summed E-state index contributed by atoms with van der Waals surface area (Å²) in [5.74, 6) is 3.39. The van der Waals surface area contributed by atoms with Gasteiger partial charge in [0, 0.05) is 6.54 Å². The monoisotopic (exact) mass is 236 g/mol. The molecule has 96 valence electrons. The molecular formula is C14H24N2O. The topological polar surface area (TPSA) is 41.1 Å². The van der Waals surface area contributed by atoms with Gasteiger partial charge in [-0.05, 0) is 55.9 Å². The van der Waals surface area contributed by atoms with Gasteiger partial charge in [0.25, 0.3) is 0 Å². The molecule has 3 heteroatoms. The number of hydrogen-bond donors (Lipinski definition) is 2. The predicted octanol–water partition coefficient (Wildman–Crippen LogP) is 1.54. The van der Waals surface area contributed by atoms with Gasteiger partial charge in [-0.25, -0.2) is 0 Å². The van der Waals surface area contributed by atoms with Gasteiger partial charge in [0.05, 0.1) is 6.04 Å². The summed E-state index contributed by atoms with van der Waals surface area (Å²) in [6, 6.07) is 0.0635. The summed E-state index contributed by atoms with van der Waals surface area (Å²) >= 11 is 0.